The summed E-state index contributed by atoms with van der Waals surface area (Å²) in [7, 11) is 5.15. The van der Waals surface area contributed by atoms with Gasteiger partial charge in [0.15, 0.2) is 12.6 Å². The molecule has 0 aromatic heterocycles. The minimum atomic E-state index is -2.02. The molecule has 12 unspecified atom stereocenters. The Bertz CT molecular complexity index is 3120. The smallest absolute Gasteiger partial charge is 0.366 e. The van der Waals surface area contributed by atoms with Crippen LogP contribution in [0.5, 0.6) is 0 Å². The number of ether oxygens (including phenoxy) is 18. The third-order valence-electron chi connectivity index (χ3n) is 22.2. The lowest BCUT2D eigenvalue weighted by Crippen LogP contribution is -2.55. The summed E-state index contributed by atoms with van der Waals surface area (Å²) in [5, 5.41) is 94.0. The number of carboxylic acid groups (broad SMARTS) is 1. The molecule has 12 heterocycles. The first-order valence-electron chi connectivity index (χ1n) is 35.8. The van der Waals surface area contributed by atoms with Gasteiger partial charge in [-0.2, -0.15) is 0 Å². The summed E-state index contributed by atoms with van der Waals surface area (Å²) in [5.41, 5.74) is 1.89. The number of carbonyl (C=O) groups is 5. The Hall–Kier alpha value is -5.64. The van der Waals surface area contributed by atoms with Gasteiger partial charge in [0.2, 0.25) is 5.79 Å². The zero-order valence-corrected chi connectivity index (χ0v) is 61.5. The number of aliphatic carboxylic acids is 1. The molecule has 0 radical (unpaired) electrons. The maximum absolute atomic E-state index is 12.3. The maximum atomic E-state index is 12.3. The predicted octanol–water partition coefficient (Wildman–Crippen LogP) is 0.456. The molecule has 10 bridgehead atoms. The summed E-state index contributed by atoms with van der Waals surface area (Å²) in [6.45, 7) is 18.1. The van der Waals surface area contributed by atoms with Gasteiger partial charge < -0.3 is 136 Å². The number of aliphatic hydroxyl groups excluding tert-OH is 8. The van der Waals surface area contributed by atoms with E-state index in [0.29, 0.717) is 32.5 Å². The summed E-state index contributed by atoms with van der Waals surface area (Å²) in [6, 6.07) is 19.4. The summed E-state index contributed by atoms with van der Waals surface area (Å²) in [6.07, 6.45) is -11.3. The van der Waals surface area contributed by atoms with E-state index in [0.717, 1.165) is 11.1 Å². The molecule has 0 spiro atoms. The second kappa shape index (κ2) is 35.2. The van der Waals surface area contributed by atoms with Crippen LogP contribution in [0.15, 0.2) is 67.2 Å². The van der Waals surface area contributed by atoms with Crippen molar-refractivity contribution in [3.8, 4) is 0 Å². The molecule has 9 N–H and O–H groups in total. The van der Waals surface area contributed by atoms with Gasteiger partial charge in [-0.25, -0.2) is 19.2 Å². The Kier molecular flexibility index (Phi) is 28.0. The minimum Gasteiger partial charge on any atom is -0.544 e. The largest absolute Gasteiger partial charge is 0.544 e. The van der Waals surface area contributed by atoms with Gasteiger partial charge in [-0.1, -0.05) is 116 Å². The van der Waals surface area contributed by atoms with Crippen molar-refractivity contribution in [2.24, 2.45) is 41.4 Å². The van der Waals surface area contributed by atoms with Crippen molar-refractivity contribution in [3.05, 3.63) is 78.4 Å². The zero-order valence-electron chi connectivity index (χ0n) is 61.5. The third-order valence-corrected chi connectivity index (χ3v) is 22.2. The van der Waals surface area contributed by atoms with Crippen molar-refractivity contribution in [1.29, 1.82) is 5.41 Å². The lowest BCUT2D eigenvalue weighted by atomic mass is 9.81. The quantitative estimate of drug-likeness (QED) is 0.0664. The first-order valence-corrected chi connectivity index (χ1v) is 35.8. The van der Waals surface area contributed by atoms with Gasteiger partial charge in [0.05, 0.1) is 110 Å². The Labute approximate surface area is 614 Å². The fraction of sp³-hybridized carbons (Fsp3) is 0.740. The van der Waals surface area contributed by atoms with Gasteiger partial charge >= 0.3 is 23.9 Å². The molecule has 12 saturated heterocycles. The van der Waals surface area contributed by atoms with Crippen molar-refractivity contribution in [1.82, 2.24) is 0 Å². The molecule has 12 aliphatic heterocycles. The van der Waals surface area contributed by atoms with E-state index in [4.69, 9.17) is 96.1 Å². The van der Waals surface area contributed by atoms with Crippen LogP contribution in [0.3, 0.4) is 0 Å². The van der Waals surface area contributed by atoms with Gasteiger partial charge in [0, 0.05) is 61.0 Å². The van der Waals surface area contributed by atoms with Crippen molar-refractivity contribution in [2.45, 2.75) is 245 Å². The molecule has 0 aliphatic carbocycles. The second-order valence-corrected chi connectivity index (χ2v) is 29.0. The molecule has 594 valence electrons. The highest BCUT2D eigenvalue weighted by molar-refractivity contribution is 5.80. The number of carboxylic acids is 1. The van der Waals surface area contributed by atoms with Crippen molar-refractivity contribution in [3.63, 3.8) is 0 Å². The molecule has 106 heavy (non-hydrogen) atoms. The molecule has 12 fully saturated rings. The number of fused-ring (bicyclic) bond motifs is 10. The summed E-state index contributed by atoms with van der Waals surface area (Å²) in [4.78, 5) is 59.1. The van der Waals surface area contributed by atoms with Gasteiger partial charge in [-0.3, -0.25) is 5.41 Å². The van der Waals surface area contributed by atoms with E-state index in [1.807, 2.05) is 74.5 Å². The van der Waals surface area contributed by atoms with Crippen molar-refractivity contribution in [2.75, 3.05) is 54.9 Å². The van der Waals surface area contributed by atoms with Crippen LogP contribution < -0.4 is 5.11 Å². The molecule has 2 aromatic rings. The number of nitrogens with one attached hydrogen (secondary N) is 1. The number of rotatable bonds is 15. The minimum absolute atomic E-state index is 0.0452. The van der Waals surface area contributed by atoms with E-state index < -0.39 is 176 Å². The Morgan fingerprint density at radius 1 is 0.472 bits per heavy atom. The number of aliphatic hydroxyl groups is 8. The van der Waals surface area contributed by atoms with Crippen LogP contribution in [0.1, 0.15) is 118 Å². The maximum Gasteiger partial charge on any atom is 0.366 e. The number of methoxy groups -OCH3 is 4. The molecule has 2 aromatic carbocycles. The average Bonchev–Trinajstić information content (AvgIpc) is 1.60. The zero-order chi connectivity index (χ0) is 77.7. The van der Waals surface area contributed by atoms with Crippen LogP contribution >= 0.6 is 0 Å². The van der Waals surface area contributed by atoms with E-state index in [1.165, 1.54) is 28.4 Å². The standard InChI is InChI=1S/C19H24O6.C18H22O7.C13H22O5.C11H18O7.C10H16O7.C2H3N/c1-11-9-19(18(20)21-3)24-15(12(11)2)16(25-19)14-10-22-17(23-14)13-7-5-4-6-8-13;1-10-12(19)8-18(17(20)21-2)24-14(10)15(25-18)13-9-22-16(23-13)11-6-4-3-5-7-11;1-5-9(14)11-10-8(3)7(2)6-13(17-10,18-11)12(15)16-4;1-5-6(13)3-11(10(15)16-2)17-8(5)9(18-11)7(14)4-12;1-4-5(12)2-10(9(14)15)16-7(4)8(17-10)6(13)3-11;1-2-3/h4-8,11-12,14-17H,9-10H2,1-3H3;3-7,10,12-16,19H,8-9H2,1-2H3;7-11,14H,5-6H2,1-4H3;5-9,12-14H,3-4H2,1-2H3;4-8,11-13H,2-3H2,1H3,(H,14,15);3H,1H2/p-1/t11-,12-,14-,15?,16?,17?,19+;10-,12-,13-,14?,15?,16?,18+;7-,8-,9-,10?,11?,13+;5-,6-,7-,8?,9?,11+;4-,5-,6-,7?,8?,10+;/m11111./s1. The number of hydrogen-bond acceptors (Lipinski definition) is 33. The molecule has 33 nitrogen and oxygen atoms in total. The second-order valence-electron chi connectivity index (χ2n) is 29.0. The Balaban J connectivity index is 0.000000153. The molecular weight excluding hydrogens is 1400 g/mol. The number of esters is 4. The van der Waals surface area contributed by atoms with E-state index in [-0.39, 0.29) is 79.2 Å². The van der Waals surface area contributed by atoms with Crippen LogP contribution in [0.4, 0.5) is 0 Å². The topological polar surface area (TPSA) is 460 Å². The Morgan fingerprint density at radius 3 is 1.12 bits per heavy atom. The highest BCUT2D eigenvalue weighted by Gasteiger charge is 2.67. The SMILES string of the molecule is C=C=N.CC[C@@H](O)C1O[C@]2(C(=O)OC)C[C@@H](C)[C@@H](C)C1O2.COC(=O)[C@@]12C[C@@H](C)[C@@H](C)C(O1)C([C@H]1COC(c3ccccc3)O1)O2.COC(=O)[C@@]12C[C@@H](O)[C@@H](C)C(O1)C([C@H](O)CO)O2.COC(=O)[C@@]12C[C@@H](O)[C@@H](C)C(O1)C([C@H]1COC(c3ccccc3)O1)O2.C[C@H]1C2O[C@@](C(=O)[O-])(C[C@H]1O)OC2[C@H](O)CO. The molecule has 0 saturated carbocycles. The molecule has 32 atom stereocenters. The highest BCUT2D eigenvalue weighted by atomic mass is 16.8. The first kappa shape index (κ1) is 84.4. The van der Waals surface area contributed by atoms with Crippen LogP contribution in [0.2, 0.25) is 0 Å². The molecular formula is C73H104NO32-. The van der Waals surface area contributed by atoms with Crippen LogP contribution in [0, 0.1) is 46.8 Å². The average molecular weight is 1510 g/mol. The van der Waals surface area contributed by atoms with Gasteiger partial charge in [-0.15, -0.1) is 0 Å². The first-order chi connectivity index (χ1) is 50.3. The van der Waals surface area contributed by atoms with E-state index in [2.05, 4.69) is 39.0 Å². The van der Waals surface area contributed by atoms with E-state index >= 15 is 0 Å². The van der Waals surface area contributed by atoms with Crippen LogP contribution in [-0.2, 0) is 109 Å². The fourth-order valence-electron chi connectivity index (χ4n) is 15.6. The predicted molar refractivity (Wildman–Crippen MR) is 357 cm³/mol. The van der Waals surface area contributed by atoms with Gasteiger partial charge in [0.25, 0.3) is 23.1 Å². The van der Waals surface area contributed by atoms with Gasteiger partial charge in [-0.05, 0) is 42.5 Å². The molecule has 33 heteroatoms. The Morgan fingerprint density at radius 2 is 0.755 bits per heavy atom. The van der Waals surface area contributed by atoms with Gasteiger partial charge in [0.1, 0.15) is 60.9 Å². The fourth-order valence-corrected chi connectivity index (χ4v) is 15.6. The van der Waals surface area contributed by atoms with Crippen LogP contribution in [0.25, 0.3) is 0 Å². The molecule has 0 amide bonds. The summed E-state index contributed by atoms with van der Waals surface area (Å²) < 4.78 is 99.9. The third kappa shape index (κ3) is 16.8. The van der Waals surface area contributed by atoms with Crippen molar-refractivity contribution < 1.29 is 155 Å². The summed E-state index contributed by atoms with van der Waals surface area (Å²) in [5.74, 6) is -9.89. The highest BCUT2D eigenvalue weighted by Crippen LogP contribution is 2.52. The molecule has 14 rings (SSSR count). The van der Waals surface area contributed by atoms with Crippen LogP contribution in [-0.4, -0.2) is 270 Å². The van der Waals surface area contributed by atoms with E-state index in [9.17, 15) is 59.7 Å². The molecule has 12 aliphatic rings. The van der Waals surface area contributed by atoms with E-state index in [1.54, 1.807) is 19.7 Å². The normalized spacial score (nSPS) is 43.1. The lowest BCUT2D eigenvalue weighted by molar-refractivity contribution is -0.355. The number of carbonyl (C=O) groups excluding carboxylic acids is 5. The van der Waals surface area contributed by atoms with Crippen molar-refractivity contribution >= 4 is 35.7 Å². The monoisotopic (exact) mass is 1510 g/mol. The number of hydrogen-bond donors (Lipinski definition) is 9. The number of benzene rings is 2. The lowest BCUT2D eigenvalue weighted by Gasteiger charge is -2.38. The summed E-state index contributed by atoms with van der Waals surface area (Å²) >= 11 is 0.